The summed E-state index contributed by atoms with van der Waals surface area (Å²) < 4.78 is 15.3. The van der Waals surface area contributed by atoms with Crippen molar-refractivity contribution in [2.45, 2.75) is 39.4 Å². The van der Waals surface area contributed by atoms with E-state index in [1.165, 1.54) is 12.1 Å². The average Bonchev–Trinajstić information content (AvgIpc) is 3.07. The summed E-state index contributed by atoms with van der Waals surface area (Å²) >= 11 is 0. The normalized spacial score (nSPS) is 12.3. The molecule has 138 valence electrons. The third-order valence-electron chi connectivity index (χ3n) is 4.20. The number of rotatable bonds is 8. The number of nitrogens with one attached hydrogen (secondary N) is 2. The molecule has 0 fully saturated rings. The highest BCUT2D eigenvalue weighted by atomic mass is 19.1. The minimum Gasteiger partial charge on any atom is -0.394 e. The molecule has 3 aromatic rings. The summed E-state index contributed by atoms with van der Waals surface area (Å²) in [6.07, 6.45) is 2.47. The van der Waals surface area contributed by atoms with E-state index in [-0.39, 0.29) is 18.5 Å². The second kappa shape index (κ2) is 8.09. The lowest BCUT2D eigenvalue weighted by molar-refractivity contribution is 0.271. The zero-order chi connectivity index (χ0) is 18.5. The van der Waals surface area contributed by atoms with E-state index in [9.17, 15) is 9.50 Å². The number of nitrogens with zero attached hydrogens (tertiary/aromatic N) is 4. The van der Waals surface area contributed by atoms with E-state index in [2.05, 4.69) is 25.6 Å². The van der Waals surface area contributed by atoms with Crippen molar-refractivity contribution in [3.63, 3.8) is 0 Å². The molecule has 1 aromatic carbocycles. The number of imidazole rings is 1. The Morgan fingerprint density at radius 3 is 2.81 bits per heavy atom. The molecule has 7 nitrogen and oxygen atoms in total. The Kier molecular flexibility index (Phi) is 5.62. The van der Waals surface area contributed by atoms with Gasteiger partial charge in [0, 0.05) is 13.1 Å². The fraction of sp³-hybridized carbons (Fsp3) is 0.389. The van der Waals surface area contributed by atoms with Crippen LogP contribution in [0.5, 0.6) is 0 Å². The van der Waals surface area contributed by atoms with Crippen LogP contribution in [0.4, 0.5) is 16.2 Å². The van der Waals surface area contributed by atoms with Crippen molar-refractivity contribution < 1.29 is 9.50 Å². The van der Waals surface area contributed by atoms with Crippen LogP contribution < -0.4 is 10.6 Å². The number of aliphatic hydroxyl groups is 1. The Hall–Kier alpha value is -2.74. The first-order valence-corrected chi connectivity index (χ1v) is 8.73. The van der Waals surface area contributed by atoms with Crippen molar-refractivity contribution in [2.75, 3.05) is 17.2 Å². The van der Waals surface area contributed by atoms with Gasteiger partial charge in [-0.15, -0.1) is 0 Å². The summed E-state index contributed by atoms with van der Waals surface area (Å²) in [6, 6.07) is 6.29. The van der Waals surface area contributed by atoms with Crippen LogP contribution in [0.3, 0.4) is 0 Å². The molecule has 2 heterocycles. The van der Waals surface area contributed by atoms with E-state index in [0.29, 0.717) is 29.5 Å². The van der Waals surface area contributed by atoms with Gasteiger partial charge >= 0.3 is 0 Å². The molecule has 0 amide bonds. The molecule has 3 rings (SSSR count). The van der Waals surface area contributed by atoms with Crippen LogP contribution in [0.25, 0.3) is 11.2 Å². The number of halogens is 1. The molecular formula is C18H23FN6O. The summed E-state index contributed by atoms with van der Waals surface area (Å²) in [6.45, 7) is 5.13. The van der Waals surface area contributed by atoms with Crippen LogP contribution >= 0.6 is 0 Å². The number of aryl methyl sites for hydroxylation is 1. The fourth-order valence-electron chi connectivity index (χ4n) is 2.66. The van der Waals surface area contributed by atoms with Crippen LogP contribution in [-0.4, -0.2) is 37.3 Å². The smallest absolute Gasteiger partial charge is 0.227 e. The first-order valence-electron chi connectivity index (χ1n) is 8.73. The van der Waals surface area contributed by atoms with E-state index < -0.39 is 0 Å². The van der Waals surface area contributed by atoms with Crippen LogP contribution in [-0.2, 0) is 13.1 Å². The van der Waals surface area contributed by atoms with Gasteiger partial charge in [-0.05, 0) is 31.0 Å². The number of hydrogen-bond acceptors (Lipinski definition) is 6. The van der Waals surface area contributed by atoms with Gasteiger partial charge in [-0.25, -0.2) is 9.37 Å². The molecular weight excluding hydrogens is 335 g/mol. The standard InChI is InChI=1S/C18H23FN6O/c1-3-14(10-26)22-18-23-16(15-17(24-18)25(4-2)11-21-15)20-9-12-6-5-7-13(19)8-12/h5-8,11,14,26H,3-4,9-10H2,1-2H3,(H2,20,22,23,24)/t14-/m1/s1. The Balaban J connectivity index is 1.92. The summed E-state index contributed by atoms with van der Waals surface area (Å²) in [5, 5.41) is 15.8. The van der Waals surface area contributed by atoms with E-state index in [4.69, 9.17) is 0 Å². The molecule has 0 aliphatic heterocycles. The molecule has 1 atom stereocenters. The lowest BCUT2D eigenvalue weighted by Gasteiger charge is -2.15. The van der Waals surface area contributed by atoms with Crippen molar-refractivity contribution in [1.82, 2.24) is 19.5 Å². The van der Waals surface area contributed by atoms with Crippen LogP contribution in [0, 0.1) is 5.82 Å². The Labute approximate surface area is 151 Å². The first kappa shape index (κ1) is 18.1. The quantitative estimate of drug-likeness (QED) is 0.574. The first-order chi connectivity index (χ1) is 12.6. The van der Waals surface area contributed by atoms with E-state index in [1.54, 1.807) is 12.4 Å². The van der Waals surface area contributed by atoms with E-state index in [0.717, 1.165) is 18.5 Å². The van der Waals surface area contributed by atoms with Crippen molar-refractivity contribution in [2.24, 2.45) is 0 Å². The second-order valence-corrected chi connectivity index (χ2v) is 6.01. The topological polar surface area (TPSA) is 87.9 Å². The Morgan fingerprint density at radius 2 is 2.12 bits per heavy atom. The highest BCUT2D eigenvalue weighted by Crippen LogP contribution is 2.22. The monoisotopic (exact) mass is 358 g/mol. The highest BCUT2D eigenvalue weighted by Gasteiger charge is 2.15. The molecule has 0 saturated heterocycles. The average molecular weight is 358 g/mol. The summed E-state index contributed by atoms with van der Waals surface area (Å²) in [5.41, 5.74) is 2.17. The van der Waals surface area contributed by atoms with Crippen LogP contribution in [0.15, 0.2) is 30.6 Å². The maximum Gasteiger partial charge on any atom is 0.227 e. The van der Waals surface area contributed by atoms with Gasteiger partial charge in [-0.2, -0.15) is 9.97 Å². The number of hydrogen-bond donors (Lipinski definition) is 3. The predicted octanol–water partition coefficient (Wildman–Crippen LogP) is 2.78. The zero-order valence-corrected chi connectivity index (χ0v) is 14.9. The molecule has 26 heavy (non-hydrogen) atoms. The summed E-state index contributed by atoms with van der Waals surface area (Å²) in [7, 11) is 0. The molecule has 0 unspecified atom stereocenters. The van der Waals surface area contributed by atoms with Gasteiger partial charge in [0.05, 0.1) is 19.0 Å². The number of anilines is 2. The van der Waals surface area contributed by atoms with Crippen molar-refractivity contribution >= 4 is 22.9 Å². The number of benzene rings is 1. The zero-order valence-electron chi connectivity index (χ0n) is 14.9. The molecule has 8 heteroatoms. The SMILES string of the molecule is CC[C@H](CO)Nc1nc(NCc2cccc(F)c2)c2ncn(CC)c2n1. The van der Waals surface area contributed by atoms with Crippen molar-refractivity contribution in [3.05, 3.63) is 42.0 Å². The predicted molar refractivity (Wildman–Crippen MR) is 99.5 cm³/mol. The molecule has 2 aromatic heterocycles. The maximum atomic E-state index is 13.4. The molecule has 0 radical (unpaired) electrons. The van der Waals surface area contributed by atoms with Gasteiger partial charge < -0.3 is 20.3 Å². The van der Waals surface area contributed by atoms with Gasteiger partial charge in [0.1, 0.15) is 5.82 Å². The van der Waals surface area contributed by atoms with Gasteiger partial charge in [0.25, 0.3) is 0 Å². The van der Waals surface area contributed by atoms with Crippen molar-refractivity contribution in [3.8, 4) is 0 Å². The minimum atomic E-state index is -0.275. The van der Waals surface area contributed by atoms with Crippen LogP contribution in [0.2, 0.25) is 0 Å². The number of aliphatic hydroxyl groups excluding tert-OH is 1. The Bertz CT molecular complexity index is 877. The second-order valence-electron chi connectivity index (χ2n) is 6.01. The largest absolute Gasteiger partial charge is 0.394 e. The summed E-state index contributed by atoms with van der Waals surface area (Å²) in [4.78, 5) is 13.5. The van der Waals surface area contributed by atoms with Gasteiger partial charge in [-0.3, -0.25) is 0 Å². The lowest BCUT2D eigenvalue weighted by Crippen LogP contribution is -2.24. The van der Waals surface area contributed by atoms with E-state index in [1.807, 2.05) is 24.5 Å². The number of aromatic nitrogens is 4. The van der Waals surface area contributed by atoms with Gasteiger partial charge in [0.15, 0.2) is 17.0 Å². The molecule has 3 N–H and O–H groups in total. The Morgan fingerprint density at radius 1 is 1.27 bits per heavy atom. The third-order valence-corrected chi connectivity index (χ3v) is 4.20. The maximum absolute atomic E-state index is 13.4. The number of fused-ring (bicyclic) bond motifs is 1. The fourth-order valence-corrected chi connectivity index (χ4v) is 2.66. The molecule has 0 aliphatic rings. The van der Waals surface area contributed by atoms with E-state index >= 15 is 0 Å². The van der Waals surface area contributed by atoms with Crippen molar-refractivity contribution in [1.29, 1.82) is 0 Å². The van der Waals surface area contributed by atoms with Gasteiger partial charge in [0.2, 0.25) is 5.95 Å². The molecule has 0 spiro atoms. The lowest BCUT2D eigenvalue weighted by atomic mass is 10.2. The molecule has 0 saturated carbocycles. The minimum absolute atomic E-state index is 0.00299. The molecule has 0 bridgehead atoms. The molecule has 0 aliphatic carbocycles. The van der Waals surface area contributed by atoms with Crippen LogP contribution in [0.1, 0.15) is 25.8 Å². The van der Waals surface area contributed by atoms with Gasteiger partial charge in [-0.1, -0.05) is 19.1 Å². The highest BCUT2D eigenvalue weighted by molar-refractivity contribution is 5.84. The third kappa shape index (κ3) is 3.91. The summed E-state index contributed by atoms with van der Waals surface area (Å²) in [5.74, 6) is 0.723.